The molecule has 0 bridgehead atoms. The summed E-state index contributed by atoms with van der Waals surface area (Å²) in [5.74, 6) is 0. The van der Waals surface area contributed by atoms with Gasteiger partial charge in [0.1, 0.15) is 11.8 Å². The maximum Gasteiger partial charge on any atom is 0.135 e. The summed E-state index contributed by atoms with van der Waals surface area (Å²) in [5.41, 5.74) is 0.542. The number of allylic oxidation sites excluding steroid dienone is 1. The Morgan fingerprint density at radius 1 is 1.86 bits per heavy atom. The summed E-state index contributed by atoms with van der Waals surface area (Å²) >= 11 is 0. The number of nitriles is 1. The van der Waals surface area contributed by atoms with E-state index in [1.807, 2.05) is 12.1 Å². The molecule has 0 N–H and O–H groups in total. The van der Waals surface area contributed by atoms with E-state index in [9.17, 15) is 0 Å². The van der Waals surface area contributed by atoms with Crippen LogP contribution in [0.25, 0.3) is 0 Å². The predicted molar refractivity (Wildman–Crippen MR) is 27.1 cm³/mol. The molecule has 0 aliphatic carbocycles. The zero-order chi connectivity index (χ0) is 5.11. The van der Waals surface area contributed by atoms with Crippen molar-refractivity contribution in [2.75, 3.05) is 6.54 Å². The van der Waals surface area contributed by atoms with Crippen molar-refractivity contribution in [2.45, 2.75) is 0 Å². The summed E-state index contributed by atoms with van der Waals surface area (Å²) in [6.45, 7) is 0.683. The number of rotatable bonds is 0. The quantitative estimate of drug-likeness (QED) is 0.429. The highest BCUT2D eigenvalue weighted by Crippen LogP contribution is 1.89. The minimum Gasteiger partial charge on any atom is -0.270 e. The molecule has 2 nitrogen and oxygen atoms in total. The van der Waals surface area contributed by atoms with Gasteiger partial charge in [0.2, 0.25) is 0 Å². The molecule has 0 amide bonds. The molecule has 1 aliphatic heterocycles. The third kappa shape index (κ3) is 0.660. The minimum atomic E-state index is 0.542. The van der Waals surface area contributed by atoms with Crippen molar-refractivity contribution in [2.24, 2.45) is 4.99 Å². The lowest BCUT2D eigenvalue weighted by Crippen LogP contribution is -1.79. The van der Waals surface area contributed by atoms with Crippen LogP contribution < -0.4 is 0 Å². The van der Waals surface area contributed by atoms with Gasteiger partial charge in [0.15, 0.2) is 0 Å². The van der Waals surface area contributed by atoms with E-state index in [-0.39, 0.29) is 0 Å². The molecule has 0 unspecified atom stereocenters. The lowest BCUT2D eigenvalue weighted by Gasteiger charge is -1.69. The van der Waals surface area contributed by atoms with Crippen molar-refractivity contribution in [3.8, 4) is 6.07 Å². The van der Waals surface area contributed by atoms with Crippen LogP contribution in [0, 0.1) is 11.3 Å². The maximum absolute atomic E-state index is 8.13. The SMILES string of the molecule is N#CC1=NCC=C1. The van der Waals surface area contributed by atoms with Crippen LogP contribution in [0.4, 0.5) is 0 Å². The van der Waals surface area contributed by atoms with Crippen molar-refractivity contribution in [1.29, 1.82) is 5.26 Å². The third-order valence-electron chi connectivity index (χ3n) is 0.757. The van der Waals surface area contributed by atoms with Crippen LogP contribution >= 0.6 is 0 Å². The summed E-state index contributed by atoms with van der Waals surface area (Å²) in [5, 5.41) is 8.13. The molecule has 0 fully saturated rings. The summed E-state index contributed by atoms with van der Waals surface area (Å²) in [4.78, 5) is 3.80. The molecule has 0 aromatic rings. The average Bonchev–Trinajstić information content (AvgIpc) is 2.14. The topological polar surface area (TPSA) is 36.1 Å². The molecule has 0 saturated heterocycles. The minimum absolute atomic E-state index is 0.542. The number of nitrogens with zero attached hydrogens (tertiary/aromatic N) is 2. The summed E-state index contributed by atoms with van der Waals surface area (Å²) in [6.07, 6.45) is 3.58. The molecule has 1 heterocycles. The zero-order valence-corrected chi connectivity index (χ0v) is 3.76. The van der Waals surface area contributed by atoms with Crippen LogP contribution in [-0.4, -0.2) is 12.3 Å². The first kappa shape index (κ1) is 4.07. The molecule has 0 atom stereocenters. The average molecular weight is 92.1 g/mol. The number of hydrogen-bond acceptors (Lipinski definition) is 2. The first-order valence-corrected chi connectivity index (χ1v) is 2.04. The zero-order valence-electron chi connectivity index (χ0n) is 3.76. The van der Waals surface area contributed by atoms with E-state index >= 15 is 0 Å². The molecule has 0 saturated carbocycles. The van der Waals surface area contributed by atoms with Gasteiger partial charge in [-0.1, -0.05) is 6.08 Å². The Labute approximate surface area is 41.8 Å². The molecule has 1 rings (SSSR count). The van der Waals surface area contributed by atoms with Crippen LogP contribution in [0.1, 0.15) is 0 Å². The van der Waals surface area contributed by atoms with E-state index in [0.717, 1.165) is 0 Å². The van der Waals surface area contributed by atoms with Crippen molar-refractivity contribution < 1.29 is 0 Å². The molecule has 7 heavy (non-hydrogen) atoms. The van der Waals surface area contributed by atoms with Crippen molar-refractivity contribution in [3.05, 3.63) is 12.2 Å². The van der Waals surface area contributed by atoms with E-state index in [1.54, 1.807) is 6.08 Å². The second-order valence-electron chi connectivity index (χ2n) is 1.24. The Morgan fingerprint density at radius 3 is 3.00 bits per heavy atom. The molecule has 0 aromatic heterocycles. The van der Waals surface area contributed by atoms with E-state index in [2.05, 4.69) is 4.99 Å². The summed E-state index contributed by atoms with van der Waals surface area (Å²) in [6, 6.07) is 1.93. The fourth-order valence-corrected chi connectivity index (χ4v) is 0.441. The molecule has 0 spiro atoms. The first-order valence-electron chi connectivity index (χ1n) is 2.04. The van der Waals surface area contributed by atoms with Gasteiger partial charge in [-0.15, -0.1) is 0 Å². The van der Waals surface area contributed by atoms with E-state index in [0.29, 0.717) is 12.3 Å². The van der Waals surface area contributed by atoms with Crippen molar-refractivity contribution in [3.63, 3.8) is 0 Å². The highest BCUT2D eigenvalue weighted by atomic mass is 14.7. The van der Waals surface area contributed by atoms with Crippen LogP contribution in [0.2, 0.25) is 0 Å². The Kier molecular flexibility index (Phi) is 0.910. The fraction of sp³-hybridized carbons (Fsp3) is 0.200. The Bertz CT molecular complexity index is 159. The van der Waals surface area contributed by atoms with Crippen molar-refractivity contribution in [1.82, 2.24) is 0 Å². The van der Waals surface area contributed by atoms with Gasteiger partial charge in [-0.2, -0.15) is 5.26 Å². The molecule has 2 heteroatoms. The summed E-state index contributed by atoms with van der Waals surface area (Å²) in [7, 11) is 0. The van der Waals surface area contributed by atoms with Gasteiger partial charge in [0.05, 0.1) is 6.54 Å². The Balaban J connectivity index is 2.75. The third-order valence-corrected chi connectivity index (χ3v) is 0.757. The summed E-state index contributed by atoms with van der Waals surface area (Å²) < 4.78 is 0. The Hall–Kier alpha value is -1.10. The second-order valence-corrected chi connectivity index (χ2v) is 1.24. The van der Waals surface area contributed by atoms with Crippen molar-refractivity contribution >= 4 is 5.71 Å². The molecule has 34 valence electrons. The van der Waals surface area contributed by atoms with Crippen LogP contribution in [0.5, 0.6) is 0 Å². The van der Waals surface area contributed by atoms with Gasteiger partial charge < -0.3 is 0 Å². The van der Waals surface area contributed by atoms with Crippen LogP contribution in [-0.2, 0) is 0 Å². The first-order chi connectivity index (χ1) is 3.43. The van der Waals surface area contributed by atoms with Gasteiger partial charge in [-0.3, -0.25) is 4.99 Å². The highest BCUT2D eigenvalue weighted by Gasteiger charge is 1.92. The van der Waals surface area contributed by atoms with Crippen LogP contribution in [0.15, 0.2) is 17.1 Å². The van der Waals surface area contributed by atoms with Gasteiger partial charge in [0, 0.05) is 0 Å². The fourth-order valence-electron chi connectivity index (χ4n) is 0.441. The molecule has 0 aromatic carbocycles. The van der Waals surface area contributed by atoms with Gasteiger partial charge in [-0.25, -0.2) is 0 Å². The van der Waals surface area contributed by atoms with E-state index in [4.69, 9.17) is 5.26 Å². The molecular weight excluding hydrogens is 88.1 g/mol. The smallest absolute Gasteiger partial charge is 0.135 e. The van der Waals surface area contributed by atoms with E-state index < -0.39 is 0 Å². The lowest BCUT2D eigenvalue weighted by molar-refractivity contribution is 1.29. The van der Waals surface area contributed by atoms with Gasteiger partial charge >= 0.3 is 0 Å². The van der Waals surface area contributed by atoms with Gasteiger partial charge in [0.25, 0.3) is 0 Å². The molecule has 0 radical (unpaired) electrons. The molecule has 1 aliphatic rings. The van der Waals surface area contributed by atoms with Crippen LogP contribution in [0.3, 0.4) is 0 Å². The van der Waals surface area contributed by atoms with Gasteiger partial charge in [-0.05, 0) is 6.08 Å². The Morgan fingerprint density at radius 2 is 2.71 bits per heavy atom. The lowest BCUT2D eigenvalue weighted by atomic mass is 10.4. The van der Waals surface area contributed by atoms with E-state index in [1.165, 1.54) is 0 Å². The number of hydrogen-bond donors (Lipinski definition) is 0. The molecular formula is C5H4N2. The highest BCUT2D eigenvalue weighted by molar-refractivity contribution is 6.08. The monoisotopic (exact) mass is 92.0 g/mol. The largest absolute Gasteiger partial charge is 0.270 e. The number of aliphatic imine (C=N–C) groups is 1. The maximum atomic E-state index is 8.13. The predicted octanol–water partition coefficient (Wildman–Crippen LogP) is 0.521. The normalized spacial score (nSPS) is 16.1. The standard InChI is InChI=1S/C5H4N2/c6-4-5-2-1-3-7-5/h1-2H,3H2. The second kappa shape index (κ2) is 1.57.